The van der Waals surface area contributed by atoms with Crippen LogP contribution in [0.25, 0.3) is 11.5 Å². The highest BCUT2D eigenvalue weighted by molar-refractivity contribution is 5.76. The molecule has 2 aromatic heterocycles. The number of hydrogen-bond acceptors (Lipinski definition) is 5. The number of nitrogens with one attached hydrogen (secondary N) is 1. The van der Waals surface area contributed by atoms with Gasteiger partial charge in [-0.15, -0.1) is 0 Å². The van der Waals surface area contributed by atoms with Crippen molar-refractivity contribution >= 4 is 11.6 Å². The van der Waals surface area contributed by atoms with Gasteiger partial charge in [0.15, 0.2) is 5.76 Å². The van der Waals surface area contributed by atoms with Gasteiger partial charge in [0.25, 0.3) is 5.56 Å². The summed E-state index contributed by atoms with van der Waals surface area (Å²) in [7, 11) is 0. The summed E-state index contributed by atoms with van der Waals surface area (Å²) < 4.78 is 6.53. The number of rotatable bonds is 4. The van der Waals surface area contributed by atoms with Gasteiger partial charge in [-0.1, -0.05) is 0 Å². The molecule has 0 spiro atoms. The maximum Gasteiger partial charge on any atom is 0.290 e. The maximum absolute atomic E-state index is 12.0. The van der Waals surface area contributed by atoms with Gasteiger partial charge in [0.05, 0.1) is 0 Å². The summed E-state index contributed by atoms with van der Waals surface area (Å²) in [6.07, 6.45) is 1.98. The van der Waals surface area contributed by atoms with Crippen molar-refractivity contribution in [2.45, 2.75) is 32.4 Å². The van der Waals surface area contributed by atoms with Crippen molar-refractivity contribution < 1.29 is 9.21 Å². The molecule has 1 amide bonds. The molecule has 1 fully saturated rings. The number of hydrogen-bond donors (Lipinski definition) is 2. The number of anilines is 1. The second-order valence-electron chi connectivity index (χ2n) is 5.20. The standard InChI is InChI=1S/C14H16N4O3/c1-8-2-5-12(21-8)11-6-10(15)14(20)18(17-11)7-13(19)16-9-3-4-9/h2,5-6,9H,3-4,7,15H2,1H3,(H,16,19). The Morgan fingerprint density at radius 3 is 2.90 bits per heavy atom. The third kappa shape index (κ3) is 2.96. The minimum absolute atomic E-state index is 0.0354. The molecule has 110 valence electrons. The minimum atomic E-state index is -0.479. The third-order valence-electron chi connectivity index (χ3n) is 3.23. The Hall–Kier alpha value is -2.57. The van der Waals surface area contributed by atoms with E-state index in [0.717, 1.165) is 23.3 Å². The SMILES string of the molecule is Cc1ccc(-c2cc(N)c(=O)n(CC(=O)NC3CC3)n2)o1. The number of carbonyl (C=O) groups excluding carboxylic acids is 1. The van der Waals surface area contributed by atoms with Crippen LogP contribution in [0.1, 0.15) is 18.6 Å². The Balaban J connectivity index is 1.89. The van der Waals surface area contributed by atoms with Gasteiger partial charge in [0.1, 0.15) is 23.7 Å². The number of carbonyl (C=O) groups is 1. The summed E-state index contributed by atoms with van der Waals surface area (Å²) in [5.41, 5.74) is 5.69. The second kappa shape index (κ2) is 5.08. The van der Waals surface area contributed by atoms with Crippen molar-refractivity contribution in [1.29, 1.82) is 0 Å². The zero-order valence-corrected chi connectivity index (χ0v) is 11.6. The van der Waals surface area contributed by atoms with Crippen molar-refractivity contribution in [3.8, 4) is 11.5 Å². The van der Waals surface area contributed by atoms with Gasteiger partial charge >= 0.3 is 0 Å². The van der Waals surface area contributed by atoms with Crippen molar-refractivity contribution in [1.82, 2.24) is 15.1 Å². The lowest BCUT2D eigenvalue weighted by Crippen LogP contribution is -2.35. The first-order valence-corrected chi connectivity index (χ1v) is 6.77. The number of nitrogen functional groups attached to an aromatic ring is 1. The van der Waals surface area contributed by atoms with Crippen LogP contribution in [-0.4, -0.2) is 21.7 Å². The molecule has 0 bridgehead atoms. The lowest BCUT2D eigenvalue weighted by atomic mass is 10.3. The van der Waals surface area contributed by atoms with E-state index in [9.17, 15) is 9.59 Å². The molecule has 7 nitrogen and oxygen atoms in total. The number of nitrogens with two attached hydrogens (primary N) is 1. The van der Waals surface area contributed by atoms with Gasteiger partial charge in [-0.3, -0.25) is 9.59 Å². The highest BCUT2D eigenvalue weighted by atomic mass is 16.3. The van der Waals surface area contributed by atoms with Crippen molar-refractivity contribution in [3.63, 3.8) is 0 Å². The second-order valence-corrected chi connectivity index (χ2v) is 5.20. The van der Waals surface area contributed by atoms with Gasteiger partial charge in [-0.05, 0) is 38.0 Å². The van der Waals surface area contributed by atoms with Crippen LogP contribution in [0.3, 0.4) is 0 Å². The molecule has 0 aromatic carbocycles. The molecule has 7 heteroatoms. The summed E-state index contributed by atoms with van der Waals surface area (Å²) in [4.78, 5) is 23.8. The smallest absolute Gasteiger partial charge is 0.290 e. The van der Waals surface area contributed by atoms with Crippen LogP contribution >= 0.6 is 0 Å². The van der Waals surface area contributed by atoms with Crippen molar-refractivity contribution in [2.24, 2.45) is 0 Å². The molecule has 21 heavy (non-hydrogen) atoms. The summed E-state index contributed by atoms with van der Waals surface area (Å²) >= 11 is 0. The third-order valence-corrected chi connectivity index (χ3v) is 3.23. The van der Waals surface area contributed by atoms with Crippen LogP contribution in [0.5, 0.6) is 0 Å². The van der Waals surface area contributed by atoms with Gasteiger partial charge in [-0.2, -0.15) is 5.10 Å². The van der Waals surface area contributed by atoms with Crippen LogP contribution in [0.4, 0.5) is 5.69 Å². The van der Waals surface area contributed by atoms with Gasteiger partial charge in [-0.25, -0.2) is 4.68 Å². The van der Waals surface area contributed by atoms with E-state index in [2.05, 4.69) is 10.4 Å². The van der Waals surface area contributed by atoms with E-state index in [4.69, 9.17) is 10.2 Å². The number of nitrogens with zero attached hydrogens (tertiary/aromatic N) is 2. The number of furan rings is 1. The molecule has 0 aliphatic heterocycles. The van der Waals surface area contributed by atoms with Crippen molar-refractivity contribution in [2.75, 3.05) is 5.73 Å². The van der Waals surface area contributed by atoms with E-state index in [1.165, 1.54) is 6.07 Å². The Morgan fingerprint density at radius 1 is 1.52 bits per heavy atom. The fraction of sp³-hybridized carbons (Fsp3) is 0.357. The molecular weight excluding hydrogens is 272 g/mol. The van der Waals surface area contributed by atoms with Crippen LogP contribution < -0.4 is 16.6 Å². The topological polar surface area (TPSA) is 103 Å². The van der Waals surface area contributed by atoms with Crippen molar-refractivity contribution in [3.05, 3.63) is 34.3 Å². The van der Waals surface area contributed by atoms with E-state index in [1.54, 1.807) is 12.1 Å². The first-order valence-electron chi connectivity index (χ1n) is 6.77. The first kappa shape index (κ1) is 13.4. The molecule has 0 radical (unpaired) electrons. The summed E-state index contributed by atoms with van der Waals surface area (Å²) in [5.74, 6) is 1.00. The first-order chi connectivity index (χ1) is 10.0. The van der Waals surface area contributed by atoms with E-state index in [1.807, 2.05) is 6.92 Å². The van der Waals surface area contributed by atoms with Crippen LogP contribution in [-0.2, 0) is 11.3 Å². The fourth-order valence-electron chi connectivity index (χ4n) is 2.00. The lowest BCUT2D eigenvalue weighted by molar-refractivity contribution is -0.122. The van der Waals surface area contributed by atoms with E-state index >= 15 is 0 Å². The number of amides is 1. The van der Waals surface area contributed by atoms with Gasteiger partial charge in [0.2, 0.25) is 5.91 Å². The zero-order valence-electron chi connectivity index (χ0n) is 11.6. The molecule has 0 atom stereocenters. The van der Waals surface area contributed by atoms with E-state index < -0.39 is 5.56 Å². The van der Waals surface area contributed by atoms with E-state index in [-0.39, 0.29) is 24.2 Å². The molecule has 3 N–H and O–H groups in total. The minimum Gasteiger partial charge on any atom is -0.460 e. The summed E-state index contributed by atoms with van der Waals surface area (Å²) in [6.45, 7) is 1.67. The average Bonchev–Trinajstić information content (AvgIpc) is 3.13. The highest BCUT2D eigenvalue weighted by Gasteiger charge is 2.23. The predicted molar refractivity (Wildman–Crippen MR) is 76.5 cm³/mol. The molecule has 1 saturated carbocycles. The summed E-state index contributed by atoms with van der Waals surface area (Å²) in [5, 5.41) is 6.96. The maximum atomic E-state index is 12.0. The zero-order chi connectivity index (χ0) is 15.0. The molecule has 2 heterocycles. The van der Waals surface area contributed by atoms with Crippen LogP contribution in [0.2, 0.25) is 0 Å². The highest BCUT2D eigenvalue weighted by Crippen LogP contribution is 2.20. The number of aryl methyl sites for hydroxylation is 1. The number of aromatic nitrogens is 2. The Morgan fingerprint density at radius 2 is 2.29 bits per heavy atom. The fourth-order valence-corrected chi connectivity index (χ4v) is 2.00. The van der Waals surface area contributed by atoms with Gasteiger partial charge in [0, 0.05) is 6.04 Å². The molecule has 0 unspecified atom stereocenters. The van der Waals surface area contributed by atoms with Crippen LogP contribution in [0, 0.1) is 6.92 Å². The lowest BCUT2D eigenvalue weighted by Gasteiger charge is -2.08. The quantitative estimate of drug-likeness (QED) is 0.860. The van der Waals surface area contributed by atoms with Crippen LogP contribution in [0.15, 0.2) is 27.4 Å². The van der Waals surface area contributed by atoms with E-state index in [0.29, 0.717) is 11.5 Å². The molecule has 3 rings (SSSR count). The largest absolute Gasteiger partial charge is 0.460 e. The Bertz CT molecular complexity index is 743. The monoisotopic (exact) mass is 288 g/mol. The predicted octanol–water partition coefficient (Wildman–Crippen LogP) is 0.673. The Kier molecular flexibility index (Phi) is 3.25. The molecule has 1 aliphatic carbocycles. The summed E-state index contributed by atoms with van der Waals surface area (Å²) in [6, 6.07) is 5.23. The molecular formula is C14H16N4O3. The Labute approximate surface area is 120 Å². The molecule has 2 aromatic rings. The van der Waals surface area contributed by atoms with Gasteiger partial charge < -0.3 is 15.5 Å². The molecule has 0 saturated heterocycles. The average molecular weight is 288 g/mol. The molecule has 1 aliphatic rings. The normalized spacial score (nSPS) is 14.1.